The average molecular weight is 1470 g/mol. The number of rotatable bonds is 14. The summed E-state index contributed by atoms with van der Waals surface area (Å²) in [5.74, 6) is 0. The molecule has 0 aromatic heterocycles. The molecule has 16 rings (SSSR count). The van der Waals surface area contributed by atoms with Gasteiger partial charge in [-0.05, 0) is 178 Å². The Balaban J connectivity index is 0.000000449. The Morgan fingerprint density at radius 1 is 0.218 bits per heavy atom. The molecule has 0 unspecified atom stereocenters. The molecular weight excluding hydrogens is 1330 g/mol. The van der Waals surface area contributed by atoms with Crippen LogP contribution in [0.3, 0.4) is 0 Å². The highest BCUT2D eigenvalue weighted by molar-refractivity contribution is 5.88. The number of benzene rings is 12. The third kappa shape index (κ3) is 21.0. The fourth-order valence-electron chi connectivity index (χ4n) is 15.4. The van der Waals surface area contributed by atoms with Gasteiger partial charge in [-0.3, -0.25) is 9.80 Å². The summed E-state index contributed by atoms with van der Waals surface area (Å²) in [5, 5.41) is 0. The standard InChI is InChI=1S/2C42H35N.12C2H6/c1-2-43(29-32-15-13-22-36-35-20-10-9-14-31(35)27-38(32)36)28-30-24-25-41-39(26-30)37-21-11-12-23-40(37)42(41,33-16-5-3-6-17-33)34-18-7-4-8-19-34;1-2-43(28-30-21-23-33-27-32-13-9-10-18-36(32)38(33)25-30)29-31-22-24-41-39(26-31)37-19-11-12-20-40(37)42(41,34-14-5-3-6-15-34)35-16-7-4-8-17-35;12*1-2/h2*3-26H,2,27-29H2,1H3;12*1-2H3. The van der Waals surface area contributed by atoms with Gasteiger partial charge in [0.15, 0.2) is 0 Å². The van der Waals surface area contributed by atoms with Gasteiger partial charge in [0.1, 0.15) is 0 Å². The maximum atomic E-state index is 2.59. The van der Waals surface area contributed by atoms with Gasteiger partial charge >= 0.3 is 0 Å². The van der Waals surface area contributed by atoms with Gasteiger partial charge in [-0.2, -0.15) is 0 Å². The summed E-state index contributed by atoms with van der Waals surface area (Å²) < 4.78 is 0. The summed E-state index contributed by atoms with van der Waals surface area (Å²) in [6.07, 6.45) is 2.09. The van der Waals surface area contributed by atoms with Crippen LogP contribution in [0.5, 0.6) is 0 Å². The zero-order valence-corrected chi connectivity index (χ0v) is 73.3. The van der Waals surface area contributed by atoms with Gasteiger partial charge in [0, 0.05) is 26.2 Å². The van der Waals surface area contributed by atoms with Gasteiger partial charge in [-0.1, -0.05) is 453 Å². The zero-order valence-electron chi connectivity index (χ0n) is 73.3. The summed E-state index contributed by atoms with van der Waals surface area (Å²) in [6.45, 7) is 58.3. The molecule has 0 amide bonds. The summed E-state index contributed by atoms with van der Waals surface area (Å²) in [6, 6.07) is 108. The van der Waals surface area contributed by atoms with Crippen LogP contribution in [0.15, 0.2) is 291 Å². The molecule has 0 radical (unpaired) electrons. The Morgan fingerprint density at radius 3 is 0.864 bits per heavy atom. The molecule has 110 heavy (non-hydrogen) atoms. The van der Waals surface area contributed by atoms with E-state index in [1.807, 2.05) is 166 Å². The zero-order chi connectivity index (χ0) is 81.6. The fraction of sp³-hybridized carbons (Fsp3) is 0.333. The number of hydrogen-bond donors (Lipinski definition) is 0. The van der Waals surface area contributed by atoms with Crippen molar-refractivity contribution in [2.45, 2.75) is 230 Å². The van der Waals surface area contributed by atoms with Crippen LogP contribution in [0.25, 0.3) is 44.5 Å². The Kier molecular flexibility index (Phi) is 44.7. The van der Waals surface area contributed by atoms with Crippen LogP contribution in [0.2, 0.25) is 0 Å². The van der Waals surface area contributed by atoms with Crippen LogP contribution < -0.4 is 0 Å². The molecule has 0 N–H and O–H groups in total. The molecule has 4 aliphatic carbocycles. The van der Waals surface area contributed by atoms with Gasteiger partial charge in [-0.25, -0.2) is 0 Å². The topological polar surface area (TPSA) is 6.48 Å². The van der Waals surface area contributed by atoms with E-state index in [0.29, 0.717) is 0 Å². The molecule has 0 aliphatic heterocycles. The van der Waals surface area contributed by atoms with Crippen LogP contribution in [-0.4, -0.2) is 22.9 Å². The van der Waals surface area contributed by atoms with Crippen molar-refractivity contribution >= 4 is 0 Å². The van der Waals surface area contributed by atoms with Crippen molar-refractivity contribution in [1.82, 2.24) is 9.80 Å². The predicted molar refractivity (Wildman–Crippen MR) is 493 cm³/mol. The first-order valence-electron chi connectivity index (χ1n) is 43.1. The van der Waals surface area contributed by atoms with Crippen molar-refractivity contribution in [2.24, 2.45) is 0 Å². The van der Waals surface area contributed by atoms with Crippen molar-refractivity contribution in [3.63, 3.8) is 0 Å². The second kappa shape index (κ2) is 51.9. The van der Waals surface area contributed by atoms with Gasteiger partial charge in [0.2, 0.25) is 0 Å². The monoisotopic (exact) mass is 1470 g/mol. The first-order valence-corrected chi connectivity index (χ1v) is 43.1. The maximum Gasteiger partial charge on any atom is 0.0713 e. The van der Waals surface area contributed by atoms with Crippen molar-refractivity contribution in [3.05, 3.63) is 380 Å². The van der Waals surface area contributed by atoms with Crippen LogP contribution in [0, 0.1) is 0 Å². The smallest absolute Gasteiger partial charge is 0.0713 e. The normalized spacial score (nSPS) is 11.5. The lowest BCUT2D eigenvalue weighted by molar-refractivity contribution is 0.271. The van der Waals surface area contributed by atoms with Crippen molar-refractivity contribution in [1.29, 1.82) is 0 Å². The van der Waals surface area contributed by atoms with Crippen LogP contribution >= 0.6 is 0 Å². The summed E-state index contributed by atoms with van der Waals surface area (Å²) >= 11 is 0. The number of nitrogens with zero attached hydrogens (tertiary/aromatic N) is 2. The van der Waals surface area contributed by atoms with E-state index in [-0.39, 0.29) is 10.8 Å². The molecule has 0 atom stereocenters. The highest BCUT2D eigenvalue weighted by Crippen LogP contribution is 2.58. The minimum absolute atomic E-state index is 0.335. The van der Waals surface area contributed by atoms with Gasteiger partial charge in [-0.15, -0.1) is 0 Å². The Morgan fingerprint density at radius 2 is 0.491 bits per heavy atom. The Hall–Kier alpha value is -9.44. The van der Waals surface area contributed by atoms with Crippen molar-refractivity contribution in [2.75, 3.05) is 13.1 Å². The lowest BCUT2D eigenvalue weighted by Crippen LogP contribution is -2.28. The first kappa shape index (κ1) is 94.8. The highest BCUT2D eigenvalue weighted by atomic mass is 15.1. The average Bonchev–Trinajstić information content (AvgIpc) is 1.55. The van der Waals surface area contributed by atoms with Crippen LogP contribution in [0.1, 0.15) is 269 Å². The molecule has 0 saturated heterocycles. The minimum Gasteiger partial charge on any atom is -0.295 e. The maximum absolute atomic E-state index is 2.59. The molecule has 584 valence electrons. The minimum atomic E-state index is -0.336. The molecule has 4 aliphatic rings. The molecule has 2 heteroatoms. The summed E-state index contributed by atoms with van der Waals surface area (Å²) in [5.41, 5.74) is 32.5. The highest BCUT2D eigenvalue weighted by Gasteiger charge is 2.47. The lowest BCUT2D eigenvalue weighted by atomic mass is 9.67. The van der Waals surface area contributed by atoms with E-state index in [1.165, 1.54) is 134 Å². The molecule has 0 heterocycles. The van der Waals surface area contributed by atoms with E-state index in [4.69, 9.17) is 0 Å². The Bertz CT molecular complexity index is 4360. The quantitative estimate of drug-likeness (QED) is 0.107. The SMILES string of the molecule is CC.CC.CC.CC.CC.CC.CC.CC.CC.CC.CC.CC.CCN(Cc1ccc2c(c1)-c1ccccc1C2(c1ccccc1)c1ccccc1)Cc1cccc2c1Cc1ccccc1-2.CCN(Cc1ccc2c(c1)-c1ccccc1C2)Cc1ccc2c(c1)-c1ccccc1C2(c1ccccc1)c1ccccc1. The number of fused-ring (bicyclic) bond motifs is 12. The molecule has 0 fully saturated rings. The van der Waals surface area contributed by atoms with Gasteiger partial charge in [0.05, 0.1) is 10.8 Å². The molecule has 0 saturated carbocycles. The Labute approximate surface area is 673 Å². The second-order valence-corrected chi connectivity index (χ2v) is 24.0. The molecule has 2 nitrogen and oxygen atoms in total. The summed E-state index contributed by atoms with van der Waals surface area (Å²) in [7, 11) is 0. The van der Waals surface area contributed by atoms with E-state index in [9.17, 15) is 0 Å². The lowest BCUT2D eigenvalue weighted by Gasteiger charge is -2.34. The van der Waals surface area contributed by atoms with E-state index in [1.54, 1.807) is 0 Å². The number of hydrogen-bond acceptors (Lipinski definition) is 2. The van der Waals surface area contributed by atoms with E-state index in [2.05, 4.69) is 315 Å². The molecular formula is C108H142N2. The molecule has 12 aromatic rings. The van der Waals surface area contributed by atoms with E-state index >= 15 is 0 Å². The molecule has 12 aromatic carbocycles. The van der Waals surface area contributed by atoms with Crippen molar-refractivity contribution in [3.8, 4) is 44.5 Å². The van der Waals surface area contributed by atoms with Gasteiger partial charge in [0.25, 0.3) is 0 Å². The van der Waals surface area contributed by atoms with Gasteiger partial charge < -0.3 is 0 Å². The van der Waals surface area contributed by atoms with E-state index in [0.717, 1.165) is 52.1 Å². The third-order valence-electron chi connectivity index (χ3n) is 19.4. The second-order valence-electron chi connectivity index (χ2n) is 24.0. The van der Waals surface area contributed by atoms with Crippen molar-refractivity contribution < 1.29 is 0 Å². The predicted octanol–water partition coefficient (Wildman–Crippen LogP) is 31.6. The van der Waals surface area contributed by atoms with Crippen LogP contribution in [-0.2, 0) is 49.9 Å². The van der Waals surface area contributed by atoms with E-state index < -0.39 is 0 Å². The largest absolute Gasteiger partial charge is 0.295 e. The summed E-state index contributed by atoms with van der Waals surface area (Å²) in [4.78, 5) is 5.15. The molecule has 0 spiro atoms. The fourth-order valence-corrected chi connectivity index (χ4v) is 15.4. The first-order chi connectivity index (χ1) is 54.5. The molecule has 0 bridgehead atoms. The third-order valence-corrected chi connectivity index (χ3v) is 19.4. The van der Waals surface area contributed by atoms with Crippen LogP contribution in [0.4, 0.5) is 0 Å².